The predicted molar refractivity (Wildman–Crippen MR) is 247 cm³/mol. The summed E-state index contributed by atoms with van der Waals surface area (Å²) in [6.45, 7) is 18.2. The molecule has 64 heavy (non-hydrogen) atoms. The lowest BCUT2D eigenvalue weighted by molar-refractivity contribution is -0.155. The van der Waals surface area contributed by atoms with Crippen LogP contribution in [0.2, 0.25) is 0 Å². The first-order chi connectivity index (χ1) is 30.5. The van der Waals surface area contributed by atoms with Gasteiger partial charge in [0.15, 0.2) is 0 Å². The minimum absolute atomic E-state index is 0.0816. The number of carbonyl (C=O) groups excluding carboxylic acids is 5. The SMILES string of the molecule is C=CC(=O)N1CC[C@H](C(=O)N(C)[C@H](C(=O)N[C@H]2Cc3nc(cs3)-c3ccc4c(c3)c(c(C3=C([C@H](C)OC)NCC=C3)n4CC)CC(C)(C)COC(=O)[C@@H]3CCCN(N3)C2=O)C(C)C)C1. The van der Waals surface area contributed by atoms with Gasteiger partial charge in [0.05, 0.1) is 35.0 Å². The topological polar surface area (TPSA) is 167 Å². The number of carbonyl (C=O) groups is 5. The number of rotatable bonds is 10. The summed E-state index contributed by atoms with van der Waals surface area (Å²) in [5, 5.41) is 11.7. The summed E-state index contributed by atoms with van der Waals surface area (Å²) in [7, 11) is 3.32. The van der Waals surface area contributed by atoms with Gasteiger partial charge in [0.1, 0.15) is 18.1 Å². The smallest absolute Gasteiger partial charge is 0.324 e. The molecule has 344 valence electrons. The number of cyclic esters (lactones) is 1. The fraction of sp³-hybridized carbons (Fsp3) is 0.542. The van der Waals surface area contributed by atoms with E-state index in [4.69, 9.17) is 14.5 Å². The Bertz CT molecular complexity index is 2360. The molecule has 15 nitrogen and oxygen atoms in total. The number of fused-ring (bicyclic) bond motifs is 6. The summed E-state index contributed by atoms with van der Waals surface area (Å²) >= 11 is 1.41. The summed E-state index contributed by atoms with van der Waals surface area (Å²) in [6.07, 6.45) is 7.55. The molecule has 7 rings (SSSR count). The number of hydrogen-bond acceptors (Lipinski definition) is 11. The van der Waals surface area contributed by atoms with Crippen LogP contribution in [0.4, 0.5) is 0 Å². The van der Waals surface area contributed by atoms with Gasteiger partial charge in [-0.25, -0.2) is 10.4 Å². The normalized spacial score (nSPS) is 22.5. The zero-order valence-electron chi connectivity index (χ0n) is 38.5. The Balaban J connectivity index is 1.27. The summed E-state index contributed by atoms with van der Waals surface area (Å²) < 4.78 is 14.3. The predicted octanol–water partition coefficient (Wildman–Crippen LogP) is 4.86. The van der Waals surface area contributed by atoms with Crippen molar-refractivity contribution in [3.05, 3.63) is 70.3 Å². The quantitative estimate of drug-likeness (QED) is 0.189. The minimum atomic E-state index is -1.08. The Labute approximate surface area is 380 Å². The third kappa shape index (κ3) is 9.55. The Kier molecular flexibility index (Phi) is 14.2. The molecule has 16 heteroatoms. The molecule has 0 unspecified atom stereocenters. The second-order valence-corrected chi connectivity index (χ2v) is 19.5. The summed E-state index contributed by atoms with van der Waals surface area (Å²) in [4.78, 5) is 77.1. The van der Waals surface area contributed by atoms with Gasteiger partial charge in [-0.3, -0.25) is 29.0 Å². The zero-order valence-corrected chi connectivity index (χ0v) is 39.3. The molecule has 2 fully saturated rings. The molecule has 6 heterocycles. The molecule has 0 saturated carbocycles. The molecule has 3 aromatic rings. The van der Waals surface area contributed by atoms with Crippen LogP contribution in [0.5, 0.6) is 0 Å². The number of dihydropyridines is 1. The summed E-state index contributed by atoms with van der Waals surface area (Å²) in [6, 6.07) is 3.65. The molecule has 0 spiro atoms. The Morgan fingerprint density at radius 1 is 1.17 bits per heavy atom. The van der Waals surface area contributed by atoms with Crippen molar-refractivity contribution >= 4 is 57.4 Å². The molecular formula is C48H64N8O7S. The first kappa shape index (κ1) is 46.7. The van der Waals surface area contributed by atoms with Crippen molar-refractivity contribution in [1.29, 1.82) is 0 Å². The van der Waals surface area contributed by atoms with Gasteiger partial charge in [0.25, 0.3) is 5.91 Å². The summed E-state index contributed by atoms with van der Waals surface area (Å²) in [5.74, 6) is -2.60. The highest BCUT2D eigenvalue weighted by atomic mass is 32.1. The van der Waals surface area contributed by atoms with E-state index < -0.39 is 47.2 Å². The van der Waals surface area contributed by atoms with E-state index in [1.807, 2.05) is 26.2 Å². The maximum Gasteiger partial charge on any atom is 0.324 e. The molecule has 2 saturated heterocycles. The van der Waals surface area contributed by atoms with Gasteiger partial charge in [0, 0.05) is 91.8 Å². The number of benzene rings is 1. The van der Waals surface area contributed by atoms with Gasteiger partial charge in [-0.15, -0.1) is 11.3 Å². The lowest BCUT2D eigenvalue weighted by atomic mass is 9.84. The first-order valence-corrected chi connectivity index (χ1v) is 23.4. The van der Waals surface area contributed by atoms with Crippen LogP contribution >= 0.6 is 11.3 Å². The van der Waals surface area contributed by atoms with E-state index in [1.165, 1.54) is 27.3 Å². The number of likely N-dealkylation sites (N-methyl/N-ethyl adjacent to an activating group) is 1. The highest BCUT2D eigenvalue weighted by Crippen LogP contribution is 2.40. The van der Waals surface area contributed by atoms with Crippen LogP contribution in [0.25, 0.3) is 27.7 Å². The van der Waals surface area contributed by atoms with E-state index in [1.54, 1.807) is 19.1 Å². The van der Waals surface area contributed by atoms with E-state index >= 15 is 0 Å². The fourth-order valence-corrected chi connectivity index (χ4v) is 10.5. The number of aromatic nitrogens is 2. The van der Waals surface area contributed by atoms with Crippen molar-refractivity contribution in [2.45, 2.75) is 104 Å². The molecule has 1 aromatic carbocycles. The second-order valence-electron chi connectivity index (χ2n) is 18.6. The van der Waals surface area contributed by atoms with Gasteiger partial charge in [-0.1, -0.05) is 52.5 Å². The highest BCUT2D eigenvalue weighted by Gasteiger charge is 2.40. The average Bonchev–Trinajstić information content (AvgIpc) is 4.05. The van der Waals surface area contributed by atoms with E-state index in [9.17, 15) is 24.0 Å². The largest absolute Gasteiger partial charge is 0.464 e. The van der Waals surface area contributed by atoms with E-state index in [2.05, 4.69) is 78.3 Å². The minimum Gasteiger partial charge on any atom is -0.464 e. The molecule has 3 N–H and O–H groups in total. The standard InChI is InChI=1S/C48H64N8O7S/c1-10-40(57)54-21-18-31(25-54)45(59)53(8)42(28(3)4)44(58)51-36-23-39-50-37(26-64-39)30-16-17-38-33(22-30)34(43(55(38)11-2)32-14-12-19-49-41(32)29(5)62-9)24-48(6,7)27-63-47(61)35-15-13-20-56(52-35)46(36)60/h10,12,14,16-17,22,26,28-29,31,35-36,42,49,52H,1,11,13,15,18-21,23-25,27H2,2-9H3,(H,51,58)/t29-,31-,35-,36-,42-/m0/s1. The third-order valence-electron chi connectivity index (χ3n) is 13.0. The number of ether oxygens (including phenoxy) is 2. The van der Waals surface area contributed by atoms with Crippen molar-refractivity contribution in [2.24, 2.45) is 17.3 Å². The third-order valence-corrected chi connectivity index (χ3v) is 13.9. The van der Waals surface area contributed by atoms with Gasteiger partial charge >= 0.3 is 5.97 Å². The first-order valence-electron chi connectivity index (χ1n) is 22.6. The fourth-order valence-electron chi connectivity index (χ4n) is 9.63. The molecule has 0 radical (unpaired) electrons. The van der Waals surface area contributed by atoms with Crippen molar-refractivity contribution < 1.29 is 33.4 Å². The van der Waals surface area contributed by atoms with E-state index in [0.29, 0.717) is 50.3 Å². The van der Waals surface area contributed by atoms with Crippen molar-refractivity contribution in [3.63, 3.8) is 0 Å². The molecule has 6 bridgehead atoms. The number of amides is 4. The molecule has 2 aromatic heterocycles. The number of thiazole rings is 1. The van der Waals surface area contributed by atoms with E-state index in [0.717, 1.165) is 51.2 Å². The number of methoxy groups -OCH3 is 1. The zero-order chi connectivity index (χ0) is 46.0. The van der Waals surface area contributed by atoms with Gasteiger partial charge in [0.2, 0.25) is 17.7 Å². The van der Waals surface area contributed by atoms with Crippen LogP contribution in [0.1, 0.15) is 77.1 Å². The Morgan fingerprint density at radius 2 is 1.95 bits per heavy atom. The monoisotopic (exact) mass is 896 g/mol. The van der Waals surface area contributed by atoms with Gasteiger partial charge < -0.3 is 34.5 Å². The van der Waals surface area contributed by atoms with Crippen LogP contribution in [-0.2, 0) is 52.8 Å². The van der Waals surface area contributed by atoms with Crippen molar-refractivity contribution in [2.75, 3.05) is 46.9 Å². The van der Waals surface area contributed by atoms with Gasteiger partial charge in [-0.2, -0.15) is 0 Å². The second kappa shape index (κ2) is 19.4. The summed E-state index contributed by atoms with van der Waals surface area (Å²) in [5.41, 5.74) is 9.67. The molecule has 4 amide bonds. The highest BCUT2D eigenvalue weighted by molar-refractivity contribution is 7.10. The lowest BCUT2D eigenvalue weighted by Gasteiger charge is -2.37. The van der Waals surface area contributed by atoms with Crippen LogP contribution in [0.15, 0.2) is 54.1 Å². The number of nitrogens with one attached hydrogen (secondary N) is 3. The number of nitrogens with zero attached hydrogens (tertiary/aromatic N) is 5. The van der Waals surface area contributed by atoms with E-state index in [-0.39, 0.29) is 43.4 Å². The number of likely N-dealkylation sites (tertiary alicyclic amines) is 1. The molecule has 4 aliphatic rings. The molecule has 0 aliphatic carbocycles. The molecular weight excluding hydrogens is 833 g/mol. The maximum atomic E-state index is 14.6. The van der Waals surface area contributed by atoms with Crippen molar-refractivity contribution in [3.8, 4) is 11.3 Å². The van der Waals surface area contributed by atoms with Crippen LogP contribution in [0.3, 0.4) is 0 Å². The number of aryl methyl sites for hydroxylation is 1. The number of hydrazine groups is 1. The lowest BCUT2D eigenvalue weighted by Crippen LogP contribution is -2.62. The van der Waals surface area contributed by atoms with Crippen LogP contribution in [-0.4, -0.2) is 125 Å². The van der Waals surface area contributed by atoms with Crippen LogP contribution < -0.4 is 16.1 Å². The Hall–Kier alpha value is -5.32. The number of esters is 1. The van der Waals surface area contributed by atoms with Crippen molar-refractivity contribution in [1.82, 2.24) is 40.4 Å². The Morgan fingerprint density at radius 3 is 2.67 bits per heavy atom. The number of allylic oxidation sites excluding steroid dienone is 2. The van der Waals surface area contributed by atoms with Crippen LogP contribution in [0, 0.1) is 17.3 Å². The maximum absolute atomic E-state index is 14.6. The number of hydrogen-bond donors (Lipinski definition) is 3. The average molecular weight is 897 g/mol. The molecule has 5 atom stereocenters. The molecule has 4 aliphatic heterocycles. The van der Waals surface area contributed by atoms with Gasteiger partial charge in [-0.05, 0) is 69.2 Å².